The van der Waals surface area contributed by atoms with Crippen LogP contribution in [0.2, 0.25) is 0 Å². The van der Waals surface area contributed by atoms with Crippen LogP contribution in [-0.2, 0) is 14.4 Å². The Kier molecular flexibility index (Phi) is 28.8. The van der Waals surface area contributed by atoms with E-state index in [1.807, 2.05) is 0 Å². The van der Waals surface area contributed by atoms with Crippen molar-refractivity contribution in [1.82, 2.24) is 0 Å². The van der Waals surface area contributed by atoms with Crippen molar-refractivity contribution in [3.63, 3.8) is 0 Å². The fraction of sp³-hybridized carbons (Fsp3) is 0.861. The second-order valence-electron chi connectivity index (χ2n) is 12.8. The van der Waals surface area contributed by atoms with Gasteiger partial charge in [0, 0.05) is 19.3 Å². The average Bonchev–Trinajstić information content (AvgIpc) is 2.95. The standard InChI is InChI=1S/C36H67NO6/c1-2-3-4-5-6-7-8-9-10-11-12-13-14-15-16-17-18-19-20-21-22-23-30-37(31-24-27-34(38)39,32-25-28-35(40)41)33-26-29-36(42)43/h7-8H,2-6,9-33H2,1H3,(H2-,38,39,40,41,42,43)/p+1/b8-7+. The van der Waals surface area contributed by atoms with Gasteiger partial charge in [0.25, 0.3) is 0 Å². The Balaban J connectivity index is 3.99. The van der Waals surface area contributed by atoms with Gasteiger partial charge in [-0.2, -0.15) is 0 Å². The molecule has 0 aliphatic heterocycles. The number of aliphatic carboxylic acids is 3. The van der Waals surface area contributed by atoms with Crippen LogP contribution < -0.4 is 0 Å². The van der Waals surface area contributed by atoms with E-state index in [0.29, 0.717) is 43.4 Å². The van der Waals surface area contributed by atoms with E-state index in [0.717, 1.165) is 19.4 Å². The number of hydrogen-bond acceptors (Lipinski definition) is 3. The number of carbonyl (C=O) groups is 3. The van der Waals surface area contributed by atoms with E-state index in [-0.39, 0.29) is 19.3 Å². The van der Waals surface area contributed by atoms with Crippen molar-refractivity contribution in [1.29, 1.82) is 0 Å². The van der Waals surface area contributed by atoms with E-state index < -0.39 is 17.9 Å². The van der Waals surface area contributed by atoms with Gasteiger partial charge < -0.3 is 19.8 Å². The number of carboxylic acid groups (broad SMARTS) is 3. The molecule has 0 atom stereocenters. The van der Waals surface area contributed by atoms with Crippen molar-refractivity contribution in [2.75, 3.05) is 26.2 Å². The molecule has 0 aromatic heterocycles. The maximum atomic E-state index is 11.1. The molecule has 0 aliphatic rings. The molecule has 0 fully saturated rings. The molecule has 0 saturated carbocycles. The van der Waals surface area contributed by atoms with Gasteiger partial charge in [-0.15, -0.1) is 0 Å². The fourth-order valence-corrected chi connectivity index (χ4v) is 6.12. The second-order valence-corrected chi connectivity index (χ2v) is 12.8. The lowest BCUT2D eigenvalue weighted by molar-refractivity contribution is -0.929. The second kappa shape index (κ2) is 30.1. The highest BCUT2D eigenvalue weighted by Gasteiger charge is 2.27. The number of hydrogen-bond donors (Lipinski definition) is 3. The van der Waals surface area contributed by atoms with Crippen molar-refractivity contribution < 1.29 is 34.2 Å². The maximum absolute atomic E-state index is 11.1. The molecule has 0 radical (unpaired) electrons. The van der Waals surface area contributed by atoms with Gasteiger partial charge in [0.15, 0.2) is 0 Å². The van der Waals surface area contributed by atoms with Gasteiger partial charge in [0.05, 0.1) is 45.4 Å². The topological polar surface area (TPSA) is 112 Å². The summed E-state index contributed by atoms with van der Waals surface area (Å²) in [5.74, 6) is -2.47. The molecule has 7 heteroatoms. The minimum Gasteiger partial charge on any atom is -0.481 e. The molecule has 43 heavy (non-hydrogen) atoms. The van der Waals surface area contributed by atoms with Crippen LogP contribution in [0, 0.1) is 0 Å². The zero-order valence-corrected chi connectivity index (χ0v) is 27.9. The van der Waals surface area contributed by atoms with Crippen molar-refractivity contribution in [3.05, 3.63) is 12.2 Å². The molecule has 0 aromatic carbocycles. The first kappa shape index (κ1) is 41.1. The number of carboxylic acids is 3. The molecule has 3 N–H and O–H groups in total. The summed E-state index contributed by atoms with van der Waals surface area (Å²) in [6, 6.07) is 0. The first-order chi connectivity index (χ1) is 20.8. The van der Waals surface area contributed by atoms with Crippen molar-refractivity contribution in [2.24, 2.45) is 0 Å². The van der Waals surface area contributed by atoms with Gasteiger partial charge in [-0.1, -0.05) is 109 Å². The van der Waals surface area contributed by atoms with Gasteiger partial charge in [0.2, 0.25) is 0 Å². The van der Waals surface area contributed by atoms with Crippen molar-refractivity contribution in [2.45, 2.75) is 174 Å². The van der Waals surface area contributed by atoms with Crippen LogP contribution in [0.1, 0.15) is 174 Å². The Hall–Kier alpha value is -1.89. The molecule has 0 saturated heterocycles. The van der Waals surface area contributed by atoms with E-state index in [1.54, 1.807) is 0 Å². The van der Waals surface area contributed by atoms with Crippen molar-refractivity contribution >= 4 is 17.9 Å². The van der Waals surface area contributed by atoms with Crippen LogP contribution in [0.5, 0.6) is 0 Å². The van der Waals surface area contributed by atoms with Crippen molar-refractivity contribution in [3.8, 4) is 0 Å². The normalized spacial score (nSPS) is 11.8. The van der Waals surface area contributed by atoms with Gasteiger partial charge in [-0.25, -0.2) is 0 Å². The third-order valence-corrected chi connectivity index (χ3v) is 8.71. The predicted molar refractivity (Wildman–Crippen MR) is 177 cm³/mol. The third-order valence-electron chi connectivity index (χ3n) is 8.71. The lowest BCUT2D eigenvalue weighted by Crippen LogP contribution is -2.51. The van der Waals surface area contributed by atoms with Gasteiger partial charge >= 0.3 is 17.9 Å². The minimum absolute atomic E-state index is 0.0923. The van der Waals surface area contributed by atoms with Gasteiger partial charge in [0.1, 0.15) is 0 Å². The van der Waals surface area contributed by atoms with Crippen LogP contribution in [-0.4, -0.2) is 63.9 Å². The molecule has 0 heterocycles. The van der Waals surface area contributed by atoms with E-state index in [9.17, 15) is 14.4 Å². The summed E-state index contributed by atoms with van der Waals surface area (Å²) in [7, 11) is 0. The smallest absolute Gasteiger partial charge is 0.303 e. The molecule has 0 amide bonds. The van der Waals surface area contributed by atoms with Crippen LogP contribution in [0.3, 0.4) is 0 Å². The predicted octanol–water partition coefficient (Wildman–Crippen LogP) is 9.78. The molecular formula is C36H68NO6+. The van der Waals surface area contributed by atoms with Crippen LogP contribution >= 0.6 is 0 Å². The van der Waals surface area contributed by atoms with E-state index in [2.05, 4.69) is 19.1 Å². The highest BCUT2D eigenvalue weighted by atomic mass is 16.4. The summed E-state index contributed by atoms with van der Waals surface area (Å²) in [6.45, 7) is 5.14. The van der Waals surface area contributed by atoms with E-state index >= 15 is 0 Å². The number of allylic oxidation sites excluding steroid dienone is 2. The highest BCUT2D eigenvalue weighted by Crippen LogP contribution is 2.19. The Morgan fingerprint density at radius 1 is 0.419 bits per heavy atom. The molecule has 0 aromatic rings. The Bertz CT molecular complexity index is 658. The quantitative estimate of drug-likeness (QED) is 0.0380. The number of rotatable bonds is 34. The highest BCUT2D eigenvalue weighted by molar-refractivity contribution is 5.67. The molecule has 0 unspecified atom stereocenters. The van der Waals surface area contributed by atoms with Crippen LogP contribution in [0.15, 0.2) is 12.2 Å². The zero-order chi connectivity index (χ0) is 31.9. The Labute approximate surface area is 264 Å². The van der Waals surface area contributed by atoms with Crippen LogP contribution in [0.4, 0.5) is 0 Å². The largest absolute Gasteiger partial charge is 0.481 e. The molecule has 0 bridgehead atoms. The summed E-state index contributed by atoms with van der Waals surface area (Å²) in [4.78, 5) is 33.3. The van der Waals surface area contributed by atoms with Gasteiger partial charge in [-0.05, 0) is 38.5 Å². The SMILES string of the molecule is CCCCCC/C=C/CCCCCCCCCCCCCCCC[N+](CCCC(=O)O)(CCCC(=O)O)CCCC(=O)O. The minimum atomic E-state index is -0.823. The first-order valence-electron chi connectivity index (χ1n) is 18.0. The van der Waals surface area contributed by atoms with Gasteiger partial charge in [-0.3, -0.25) is 14.4 Å². The monoisotopic (exact) mass is 611 g/mol. The van der Waals surface area contributed by atoms with E-state index in [1.165, 1.54) is 116 Å². The summed E-state index contributed by atoms with van der Waals surface area (Å²) in [6.07, 6.45) is 32.6. The summed E-state index contributed by atoms with van der Waals surface area (Å²) >= 11 is 0. The lowest BCUT2D eigenvalue weighted by Gasteiger charge is -2.39. The summed E-state index contributed by atoms with van der Waals surface area (Å²) < 4.78 is 0.643. The molecule has 252 valence electrons. The molecule has 0 aliphatic carbocycles. The van der Waals surface area contributed by atoms with E-state index in [4.69, 9.17) is 15.3 Å². The third kappa shape index (κ3) is 29.9. The maximum Gasteiger partial charge on any atom is 0.303 e. The molecular weight excluding hydrogens is 542 g/mol. The zero-order valence-electron chi connectivity index (χ0n) is 27.9. The summed E-state index contributed by atoms with van der Waals surface area (Å²) in [5.41, 5.74) is 0. The average molecular weight is 611 g/mol. The molecule has 0 spiro atoms. The number of nitrogens with zero attached hydrogens (tertiary/aromatic N) is 1. The molecule has 7 nitrogen and oxygen atoms in total. The fourth-order valence-electron chi connectivity index (χ4n) is 6.12. The Morgan fingerprint density at radius 3 is 1.02 bits per heavy atom. The van der Waals surface area contributed by atoms with Crippen LogP contribution in [0.25, 0.3) is 0 Å². The number of quaternary nitrogens is 1. The lowest BCUT2D eigenvalue weighted by atomic mass is 10.0. The molecule has 0 rings (SSSR count). The number of unbranched alkanes of at least 4 members (excludes halogenated alkanes) is 18. The Morgan fingerprint density at radius 2 is 0.698 bits per heavy atom. The summed E-state index contributed by atoms with van der Waals surface area (Å²) in [5, 5.41) is 27.3. The first-order valence-corrected chi connectivity index (χ1v) is 18.0.